The van der Waals surface area contributed by atoms with Crippen LogP contribution in [0.5, 0.6) is 11.5 Å². The summed E-state index contributed by atoms with van der Waals surface area (Å²) in [5, 5.41) is 23.8. The molecule has 0 atom stereocenters. The summed E-state index contributed by atoms with van der Waals surface area (Å²) in [5.41, 5.74) is -0.940. The molecule has 0 radical (unpaired) electrons. The van der Waals surface area contributed by atoms with Crippen LogP contribution in [0.3, 0.4) is 0 Å². The molecule has 1 aromatic heterocycles. The van der Waals surface area contributed by atoms with Crippen molar-refractivity contribution in [3.05, 3.63) is 30.0 Å². The number of alkyl halides is 3. The van der Waals surface area contributed by atoms with Gasteiger partial charge >= 0.3 is 6.18 Å². The van der Waals surface area contributed by atoms with Crippen LogP contribution in [0.4, 0.5) is 13.2 Å². The van der Waals surface area contributed by atoms with Gasteiger partial charge < -0.3 is 10.2 Å². The first-order valence-corrected chi connectivity index (χ1v) is 4.53. The van der Waals surface area contributed by atoms with E-state index in [1.165, 1.54) is 12.1 Å². The molecule has 0 aliphatic rings. The smallest absolute Gasteiger partial charge is 0.432 e. The summed E-state index contributed by atoms with van der Waals surface area (Å²) in [7, 11) is 0. The second kappa shape index (κ2) is 3.69. The Labute approximate surface area is 93.3 Å². The quantitative estimate of drug-likeness (QED) is 0.721. The van der Waals surface area contributed by atoms with E-state index in [1.54, 1.807) is 0 Å². The van der Waals surface area contributed by atoms with Gasteiger partial charge in [0, 0.05) is 11.6 Å². The topological polar surface area (TPSA) is 69.1 Å². The lowest BCUT2D eigenvalue weighted by Crippen LogP contribution is -2.04. The second-order valence-electron chi connectivity index (χ2n) is 3.37. The predicted molar refractivity (Wildman–Crippen MR) is 52.4 cm³/mol. The fourth-order valence-corrected chi connectivity index (χ4v) is 1.34. The van der Waals surface area contributed by atoms with Crippen LogP contribution in [0.2, 0.25) is 0 Å². The van der Waals surface area contributed by atoms with Crippen LogP contribution in [-0.2, 0) is 6.18 Å². The van der Waals surface area contributed by atoms with E-state index in [2.05, 4.69) is 5.10 Å². The summed E-state index contributed by atoms with van der Waals surface area (Å²) in [6.07, 6.45) is -4.52. The van der Waals surface area contributed by atoms with Crippen LogP contribution >= 0.6 is 0 Å². The standard InChI is InChI=1S/C10H7F3N2O2/c11-10(12,13)9-4-7(14-15-9)6-2-1-5(16)3-8(6)17/h1-4,16-17H,(H,14,15). The Morgan fingerprint density at radius 2 is 1.82 bits per heavy atom. The molecule has 0 saturated heterocycles. The molecule has 0 aliphatic heterocycles. The monoisotopic (exact) mass is 244 g/mol. The van der Waals surface area contributed by atoms with Gasteiger partial charge in [0.1, 0.15) is 17.2 Å². The lowest BCUT2D eigenvalue weighted by molar-refractivity contribution is -0.141. The molecule has 1 aromatic carbocycles. The van der Waals surface area contributed by atoms with Gasteiger partial charge in [-0.1, -0.05) is 0 Å². The van der Waals surface area contributed by atoms with Gasteiger partial charge in [-0.15, -0.1) is 0 Å². The van der Waals surface area contributed by atoms with E-state index in [9.17, 15) is 18.3 Å². The maximum atomic E-state index is 12.3. The minimum atomic E-state index is -4.52. The van der Waals surface area contributed by atoms with Crippen molar-refractivity contribution in [2.45, 2.75) is 6.18 Å². The third kappa shape index (κ3) is 2.17. The Morgan fingerprint density at radius 1 is 1.12 bits per heavy atom. The molecule has 0 spiro atoms. The molecule has 0 amide bonds. The fourth-order valence-electron chi connectivity index (χ4n) is 1.34. The summed E-state index contributed by atoms with van der Waals surface area (Å²) in [6, 6.07) is 4.33. The highest BCUT2D eigenvalue weighted by atomic mass is 19.4. The summed E-state index contributed by atoms with van der Waals surface area (Å²) in [6.45, 7) is 0. The maximum absolute atomic E-state index is 12.3. The number of hydrogen-bond acceptors (Lipinski definition) is 3. The van der Waals surface area contributed by atoms with E-state index < -0.39 is 11.9 Å². The van der Waals surface area contributed by atoms with Crippen molar-refractivity contribution < 1.29 is 23.4 Å². The maximum Gasteiger partial charge on any atom is 0.432 e. The highest BCUT2D eigenvalue weighted by Crippen LogP contribution is 2.34. The van der Waals surface area contributed by atoms with E-state index in [0.29, 0.717) is 0 Å². The van der Waals surface area contributed by atoms with Gasteiger partial charge in [-0.05, 0) is 18.2 Å². The van der Waals surface area contributed by atoms with Crippen molar-refractivity contribution in [2.24, 2.45) is 0 Å². The molecule has 1 heterocycles. The molecule has 4 nitrogen and oxygen atoms in total. The first kappa shape index (κ1) is 11.3. The number of rotatable bonds is 1. The number of hydrogen-bond donors (Lipinski definition) is 3. The van der Waals surface area contributed by atoms with Crippen LogP contribution in [0, 0.1) is 0 Å². The van der Waals surface area contributed by atoms with E-state index in [1.807, 2.05) is 5.10 Å². The summed E-state index contributed by atoms with van der Waals surface area (Å²) < 4.78 is 36.9. The van der Waals surface area contributed by atoms with E-state index in [4.69, 9.17) is 5.11 Å². The van der Waals surface area contributed by atoms with Crippen molar-refractivity contribution in [1.82, 2.24) is 10.2 Å². The number of H-pyrrole nitrogens is 1. The van der Waals surface area contributed by atoms with Crippen molar-refractivity contribution in [2.75, 3.05) is 0 Å². The lowest BCUT2D eigenvalue weighted by Gasteiger charge is -2.01. The molecular formula is C10H7F3N2O2. The number of nitrogens with zero attached hydrogens (tertiary/aromatic N) is 1. The minimum Gasteiger partial charge on any atom is -0.508 e. The van der Waals surface area contributed by atoms with Gasteiger partial charge in [0.15, 0.2) is 0 Å². The third-order valence-corrected chi connectivity index (χ3v) is 2.14. The number of halogens is 3. The summed E-state index contributed by atoms with van der Waals surface area (Å²) in [4.78, 5) is 0. The number of aromatic nitrogens is 2. The van der Waals surface area contributed by atoms with E-state index >= 15 is 0 Å². The van der Waals surface area contributed by atoms with Gasteiger partial charge in [-0.25, -0.2) is 0 Å². The van der Waals surface area contributed by atoms with Gasteiger partial charge in [-0.2, -0.15) is 18.3 Å². The Hall–Kier alpha value is -2.18. The highest BCUT2D eigenvalue weighted by Gasteiger charge is 2.33. The molecule has 0 unspecified atom stereocenters. The van der Waals surface area contributed by atoms with Crippen molar-refractivity contribution in [1.29, 1.82) is 0 Å². The van der Waals surface area contributed by atoms with Crippen LogP contribution in [0.1, 0.15) is 5.69 Å². The highest BCUT2D eigenvalue weighted by molar-refractivity contribution is 5.68. The molecular weight excluding hydrogens is 237 g/mol. The van der Waals surface area contributed by atoms with Crippen molar-refractivity contribution in [3.8, 4) is 22.8 Å². The molecule has 3 N–H and O–H groups in total. The van der Waals surface area contributed by atoms with Gasteiger partial charge in [0.25, 0.3) is 0 Å². The lowest BCUT2D eigenvalue weighted by atomic mass is 10.1. The Bertz CT molecular complexity index is 549. The fraction of sp³-hybridized carbons (Fsp3) is 0.100. The molecule has 0 saturated carbocycles. The molecule has 0 aliphatic carbocycles. The number of benzene rings is 1. The van der Waals surface area contributed by atoms with Gasteiger partial charge in [0.05, 0.1) is 5.69 Å². The average Bonchev–Trinajstić information content (AvgIpc) is 2.65. The van der Waals surface area contributed by atoms with Gasteiger partial charge in [0.2, 0.25) is 0 Å². The summed E-state index contributed by atoms with van der Waals surface area (Å²) >= 11 is 0. The largest absolute Gasteiger partial charge is 0.508 e. The third-order valence-electron chi connectivity index (χ3n) is 2.14. The number of nitrogens with one attached hydrogen (secondary N) is 1. The number of phenolic OH excluding ortho intramolecular Hbond substituents is 2. The zero-order chi connectivity index (χ0) is 12.6. The first-order chi connectivity index (χ1) is 7.88. The Balaban J connectivity index is 2.44. The summed E-state index contributed by atoms with van der Waals surface area (Å²) in [5.74, 6) is -0.525. The van der Waals surface area contributed by atoms with Crippen molar-refractivity contribution in [3.63, 3.8) is 0 Å². The first-order valence-electron chi connectivity index (χ1n) is 4.53. The zero-order valence-electron chi connectivity index (χ0n) is 8.28. The molecule has 2 rings (SSSR count). The number of aromatic amines is 1. The minimum absolute atomic E-state index is 0.0465. The predicted octanol–water partition coefficient (Wildman–Crippen LogP) is 2.51. The molecule has 7 heteroatoms. The Kier molecular flexibility index (Phi) is 2.45. The number of phenols is 2. The average molecular weight is 244 g/mol. The Morgan fingerprint density at radius 3 is 2.35 bits per heavy atom. The van der Waals surface area contributed by atoms with E-state index in [-0.39, 0.29) is 22.8 Å². The molecule has 90 valence electrons. The second-order valence-corrected chi connectivity index (χ2v) is 3.37. The molecule has 0 fully saturated rings. The normalized spacial score (nSPS) is 11.7. The molecule has 0 bridgehead atoms. The zero-order valence-corrected chi connectivity index (χ0v) is 8.28. The molecule has 2 aromatic rings. The molecule has 17 heavy (non-hydrogen) atoms. The van der Waals surface area contributed by atoms with Crippen LogP contribution < -0.4 is 0 Å². The van der Waals surface area contributed by atoms with Crippen molar-refractivity contribution >= 4 is 0 Å². The number of aromatic hydroxyl groups is 2. The van der Waals surface area contributed by atoms with Crippen LogP contribution in [0.15, 0.2) is 24.3 Å². The van der Waals surface area contributed by atoms with Crippen LogP contribution in [-0.4, -0.2) is 20.4 Å². The SMILES string of the molecule is Oc1ccc(-c2cc(C(F)(F)F)[nH]n2)c(O)c1. The van der Waals surface area contributed by atoms with Crippen LogP contribution in [0.25, 0.3) is 11.3 Å². The van der Waals surface area contributed by atoms with E-state index in [0.717, 1.165) is 12.1 Å². The van der Waals surface area contributed by atoms with Gasteiger partial charge in [-0.3, -0.25) is 5.10 Å².